The zero-order valence-corrected chi connectivity index (χ0v) is 15.0. The Balaban J connectivity index is 1.56. The molecule has 0 bridgehead atoms. The molecule has 3 rings (SSSR count). The number of hydrogen-bond acceptors (Lipinski definition) is 5. The highest BCUT2D eigenvalue weighted by Gasteiger charge is 2.21. The Bertz CT molecular complexity index is 731. The third-order valence-electron chi connectivity index (χ3n) is 4.29. The SMILES string of the molecule is CN1CCN(C(=O)c2cc(NCCc3cccc(Cl)c3)ncn2)CC1. The average Bonchev–Trinajstić information content (AvgIpc) is 2.62. The zero-order chi connectivity index (χ0) is 17.6. The van der Waals surface area contributed by atoms with Crippen molar-refractivity contribution in [1.82, 2.24) is 19.8 Å². The van der Waals surface area contributed by atoms with Crippen LogP contribution in [-0.2, 0) is 6.42 Å². The van der Waals surface area contributed by atoms with Crippen LogP contribution in [0.25, 0.3) is 0 Å². The summed E-state index contributed by atoms with van der Waals surface area (Å²) in [6.07, 6.45) is 2.26. The van der Waals surface area contributed by atoms with Crippen LogP contribution in [0.5, 0.6) is 0 Å². The molecule has 1 aromatic heterocycles. The molecule has 0 unspecified atom stereocenters. The molecule has 1 aliphatic rings. The maximum Gasteiger partial charge on any atom is 0.272 e. The van der Waals surface area contributed by atoms with Crippen LogP contribution in [0, 0.1) is 0 Å². The van der Waals surface area contributed by atoms with Crippen molar-refractivity contribution in [1.29, 1.82) is 0 Å². The lowest BCUT2D eigenvalue weighted by atomic mass is 10.1. The molecule has 2 aromatic rings. The lowest BCUT2D eigenvalue weighted by molar-refractivity contribution is 0.0658. The highest BCUT2D eigenvalue weighted by atomic mass is 35.5. The van der Waals surface area contributed by atoms with Crippen molar-refractivity contribution >= 4 is 23.3 Å². The highest BCUT2D eigenvalue weighted by Crippen LogP contribution is 2.12. The number of likely N-dealkylation sites (N-methyl/N-ethyl adjacent to an activating group) is 1. The molecule has 0 saturated carbocycles. The molecule has 1 aromatic carbocycles. The Morgan fingerprint density at radius 3 is 2.76 bits per heavy atom. The summed E-state index contributed by atoms with van der Waals surface area (Å²) < 4.78 is 0. The summed E-state index contributed by atoms with van der Waals surface area (Å²) in [7, 11) is 2.06. The van der Waals surface area contributed by atoms with Crippen LogP contribution in [0.15, 0.2) is 36.7 Å². The zero-order valence-electron chi connectivity index (χ0n) is 14.3. The first-order valence-electron chi connectivity index (χ1n) is 8.40. The van der Waals surface area contributed by atoms with E-state index in [9.17, 15) is 4.79 Å². The molecule has 1 amide bonds. The molecule has 7 heteroatoms. The number of rotatable bonds is 5. The summed E-state index contributed by atoms with van der Waals surface area (Å²) in [5, 5.41) is 3.98. The Morgan fingerprint density at radius 2 is 2.00 bits per heavy atom. The summed E-state index contributed by atoms with van der Waals surface area (Å²) in [6, 6.07) is 9.51. The molecular weight excluding hydrogens is 338 g/mol. The fraction of sp³-hybridized carbons (Fsp3) is 0.389. The van der Waals surface area contributed by atoms with Gasteiger partial charge in [0.15, 0.2) is 0 Å². The predicted octanol–water partition coefficient (Wildman–Crippen LogP) is 2.17. The number of aromatic nitrogens is 2. The van der Waals surface area contributed by atoms with Gasteiger partial charge >= 0.3 is 0 Å². The van der Waals surface area contributed by atoms with Gasteiger partial charge < -0.3 is 15.1 Å². The van der Waals surface area contributed by atoms with E-state index in [1.807, 2.05) is 29.2 Å². The number of amides is 1. The van der Waals surface area contributed by atoms with Crippen molar-refractivity contribution in [3.63, 3.8) is 0 Å². The van der Waals surface area contributed by atoms with Gasteiger partial charge in [-0.2, -0.15) is 0 Å². The van der Waals surface area contributed by atoms with Gasteiger partial charge in [0.25, 0.3) is 5.91 Å². The number of hydrogen-bond donors (Lipinski definition) is 1. The van der Waals surface area contributed by atoms with Crippen molar-refractivity contribution in [2.75, 3.05) is 45.1 Å². The quantitative estimate of drug-likeness (QED) is 0.886. The molecule has 1 saturated heterocycles. The second-order valence-electron chi connectivity index (χ2n) is 6.19. The molecule has 1 aliphatic heterocycles. The van der Waals surface area contributed by atoms with E-state index < -0.39 is 0 Å². The normalized spacial score (nSPS) is 15.2. The molecule has 0 spiro atoms. The van der Waals surface area contributed by atoms with E-state index >= 15 is 0 Å². The lowest BCUT2D eigenvalue weighted by Gasteiger charge is -2.32. The van der Waals surface area contributed by atoms with Crippen molar-refractivity contribution in [2.45, 2.75) is 6.42 Å². The topological polar surface area (TPSA) is 61.4 Å². The minimum absolute atomic E-state index is 0.0339. The van der Waals surface area contributed by atoms with E-state index in [1.165, 1.54) is 6.33 Å². The van der Waals surface area contributed by atoms with Crippen molar-refractivity contribution in [2.24, 2.45) is 0 Å². The average molecular weight is 360 g/mol. The minimum Gasteiger partial charge on any atom is -0.370 e. The molecule has 132 valence electrons. The van der Waals surface area contributed by atoms with Crippen molar-refractivity contribution in [3.05, 3.63) is 52.9 Å². The van der Waals surface area contributed by atoms with Crippen LogP contribution in [0.1, 0.15) is 16.1 Å². The molecule has 2 heterocycles. The number of piperazine rings is 1. The predicted molar refractivity (Wildman–Crippen MR) is 99.1 cm³/mol. The summed E-state index contributed by atoms with van der Waals surface area (Å²) >= 11 is 5.99. The van der Waals surface area contributed by atoms with Crippen LogP contribution >= 0.6 is 11.6 Å². The largest absolute Gasteiger partial charge is 0.370 e. The van der Waals surface area contributed by atoms with E-state index in [0.717, 1.165) is 43.2 Å². The van der Waals surface area contributed by atoms with Gasteiger partial charge in [0, 0.05) is 43.8 Å². The Hall–Kier alpha value is -2.18. The maximum absolute atomic E-state index is 12.6. The first kappa shape index (κ1) is 17.6. The van der Waals surface area contributed by atoms with Gasteiger partial charge in [-0.3, -0.25) is 4.79 Å². The molecule has 0 aliphatic carbocycles. The van der Waals surface area contributed by atoms with Gasteiger partial charge in [-0.25, -0.2) is 9.97 Å². The van der Waals surface area contributed by atoms with Gasteiger partial charge in [0.05, 0.1) is 0 Å². The standard InChI is InChI=1S/C18H22ClN5O/c1-23-7-9-24(10-8-23)18(25)16-12-17(22-13-21-16)20-6-5-14-3-2-4-15(19)11-14/h2-4,11-13H,5-10H2,1H3,(H,20,21,22). The first-order valence-corrected chi connectivity index (χ1v) is 8.78. The maximum atomic E-state index is 12.6. The van der Waals surface area contributed by atoms with E-state index in [0.29, 0.717) is 18.1 Å². The fourth-order valence-corrected chi connectivity index (χ4v) is 2.98. The van der Waals surface area contributed by atoms with Gasteiger partial charge in [-0.05, 0) is 31.2 Å². The van der Waals surface area contributed by atoms with Crippen molar-refractivity contribution in [3.8, 4) is 0 Å². The number of nitrogens with zero attached hydrogens (tertiary/aromatic N) is 4. The van der Waals surface area contributed by atoms with Crippen LogP contribution < -0.4 is 5.32 Å². The second kappa shape index (κ2) is 8.27. The lowest BCUT2D eigenvalue weighted by Crippen LogP contribution is -2.47. The number of halogens is 1. The van der Waals surface area contributed by atoms with E-state index in [1.54, 1.807) is 6.07 Å². The summed E-state index contributed by atoms with van der Waals surface area (Å²) in [5.41, 5.74) is 1.59. The third-order valence-corrected chi connectivity index (χ3v) is 4.52. The summed E-state index contributed by atoms with van der Waals surface area (Å²) in [6.45, 7) is 3.95. The number of nitrogens with one attached hydrogen (secondary N) is 1. The number of benzene rings is 1. The van der Waals surface area contributed by atoms with Crippen LogP contribution in [0.2, 0.25) is 5.02 Å². The minimum atomic E-state index is -0.0339. The Kier molecular flexibility index (Phi) is 5.83. The Labute approximate surface area is 152 Å². The Morgan fingerprint density at radius 1 is 1.20 bits per heavy atom. The highest BCUT2D eigenvalue weighted by molar-refractivity contribution is 6.30. The van der Waals surface area contributed by atoms with Gasteiger partial charge in [0.2, 0.25) is 0 Å². The van der Waals surface area contributed by atoms with E-state index in [-0.39, 0.29) is 5.91 Å². The van der Waals surface area contributed by atoms with Gasteiger partial charge in [0.1, 0.15) is 17.8 Å². The van der Waals surface area contributed by atoms with Crippen LogP contribution in [-0.4, -0.2) is 65.4 Å². The summed E-state index contributed by atoms with van der Waals surface area (Å²) in [5.74, 6) is 0.628. The van der Waals surface area contributed by atoms with E-state index in [4.69, 9.17) is 11.6 Å². The van der Waals surface area contributed by atoms with Gasteiger partial charge in [-0.15, -0.1) is 0 Å². The van der Waals surface area contributed by atoms with Crippen LogP contribution in [0.4, 0.5) is 5.82 Å². The molecule has 25 heavy (non-hydrogen) atoms. The van der Waals surface area contributed by atoms with E-state index in [2.05, 4.69) is 27.2 Å². The van der Waals surface area contributed by atoms with Crippen LogP contribution in [0.3, 0.4) is 0 Å². The number of anilines is 1. The number of carbonyl (C=O) groups excluding carboxylic acids is 1. The monoisotopic (exact) mass is 359 g/mol. The molecule has 0 radical (unpaired) electrons. The number of carbonyl (C=O) groups is 1. The summed E-state index contributed by atoms with van der Waals surface area (Å²) in [4.78, 5) is 25.0. The molecule has 1 N–H and O–H groups in total. The fourth-order valence-electron chi connectivity index (χ4n) is 2.77. The molecule has 0 atom stereocenters. The third kappa shape index (κ3) is 4.90. The van der Waals surface area contributed by atoms with Gasteiger partial charge in [-0.1, -0.05) is 23.7 Å². The van der Waals surface area contributed by atoms with Crippen molar-refractivity contribution < 1.29 is 4.79 Å². The molecule has 6 nitrogen and oxygen atoms in total. The smallest absolute Gasteiger partial charge is 0.272 e. The second-order valence-corrected chi connectivity index (χ2v) is 6.63. The first-order chi connectivity index (χ1) is 12.1. The molecular formula is C18H22ClN5O. The molecule has 1 fully saturated rings.